The number of pyridine rings is 3. The number of aromatic nitrogens is 5. The van der Waals surface area contributed by atoms with E-state index in [1.54, 1.807) is 0 Å². The van der Waals surface area contributed by atoms with E-state index < -0.39 is 0 Å². The second-order valence-corrected chi connectivity index (χ2v) is 15.9. The van der Waals surface area contributed by atoms with Crippen LogP contribution in [0, 0.1) is 27.7 Å². The van der Waals surface area contributed by atoms with Crippen LogP contribution in [0.3, 0.4) is 0 Å². The summed E-state index contributed by atoms with van der Waals surface area (Å²) in [7, 11) is 0. The summed E-state index contributed by atoms with van der Waals surface area (Å²) in [6, 6.07) is 49.5. The summed E-state index contributed by atoms with van der Waals surface area (Å²) in [5.74, 6) is 1.46. The average Bonchev–Trinajstić information content (AvgIpc) is 3.84. The highest BCUT2D eigenvalue weighted by atomic mass is 16.5. The molecule has 12 aromatic rings. The Morgan fingerprint density at radius 2 is 1.00 bits per heavy atom. The van der Waals surface area contributed by atoms with Crippen LogP contribution < -0.4 is 4.74 Å². The van der Waals surface area contributed by atoms with Gasteiger partial charge in [-0.25, -0.2) is 9.97 Å². The van der Waals surface area contributed by atoms with Crippen LogP contribution >= 0.6 is 0 Å². The van der Waals surface area contributed by atoms with Crippen molar-refractivity contribution in [2.45, 2.75) is 27.7 Å². The highest BCUT2D eigenvalue weighted by molar-refractivity contribution is 6.19. The average molecular weight is 760 g/mol. The molecule has 6 nitrogen and oxygen atoms in total. The van der Waals surface area contributed by atoms with Crippen LogP contribution in [0.25, 0.3) is 99.0 Å². The third-order valence-electron chi connectivity index (χ3n) is 12.3. The fraction of sp³-hybridized carbons (Fsp3) is 0.0755. The molecule has 12 rings (SSSR count). The van der Waals surface area contributed by atoms with E-state index >= 15 is 0 Å². The number of hydrogen-bond acceptors (Lipinski definition) is 4. The summed E-state index contributed by atoms with van der Waals surface area (Å²) in [4.78, 5) is 15.0. The van der Waals surface area contributed by atoms with Gasteiger partial charge >= 0.3 is 0 Å². The molecular formula is C53H37N5O. The maximum atomic E-state index is 6.82. The van der Waals surface area contributed by atoms with Crippen LogP contribution in [-0.4, -0.2) is 23.8 Å². The van der Waals surface area contributed by atoms with Crippen LogP contribution in [0.1, 0.15) is 22.3 Å². The number of benzene rings is 7. The van der Waals surface area contributed by atoms with Crippen molar-refractivity contribution in [1.29, 1.82) is 0 Å². The van der Waals surface area contributed by atoms with Gasteiger partial charge < -0.3 is 4.74 Å². The Kier molecular flexibility index (Phi) is 7.09. The highest BCUT2D eigenvalue weighted by Gasteiger charge is 2.22. The number of rotatable bonds is 4. The maximum Gasteiger partial charge on any atom is 0.146 e. The highest BCUT2D eigenvalue weighted by Crippen LogP contribution is 2.44. The molecule has 0 saturated carbocycles. The lowest BCUT2D eigenvalue weighted by Gasteiger charge is -2.20. The first kappa shape index (κ1) is 33.6. The Hall–Kier alpha value is -7.57. The third-order valence-corrected chi connectivity index (χ3v) is 12.3. The molecule has 0 amide bonds. The number of nitrogens with zero attached hydrogens (tertiary/aromatic N) is 5. The van der Waals surface area contributed by atoms with E-state index in [0.29, 0.717) is 0 Å². The largest absolute Gasteiger partial charge is 0.457 e. The van der Waals surface area contributed by atoms with Crippen molar-refractivity contribution in [3.05, 3.63) is 174 Å². The molecule has 0 unspecified atom stereocenters. The predicted molar refractivity (Wildman–Crippen MR) is 243 cm³/mol. The molecule has 0 bridgehead atoms. The van der Waals surface area contributed by atoms with Crippen molar-refractivity contribution < 1.29 is 4.74 Å². The molecule has 0 spiro atoms. The monoisotopic (exact) mass is 759 g/mol. The van der Waals surface area contributed by atoms with Crippen molar-refractivity contribution in [1.82, 2.24) is 23.8 Å². The van der Waals surface area contributed by atoms with E-state index in [2.05, 4.69) is 169 Å². The molecular weight excluding hydrogens is 723 g/mol. The first-order valence-corrected chi connectivity index (χ1v) is 20.1. The van der Waals surface area contributed by atoms with Gasteiger partial charge in [0.05, 0.1) is 33.1 Å². The van der Waals surface area contributed by atoms with Gasteiger partial charge in [-0.2, -0.15) is 0 Å². The van der Waals surface area contributed by atoms with Crippen LogP contribution in [0.5, 0.6) is 11.5 Å². The van der Waals surface area contributed by atoms with Crippen molar-refractivity contribution in [3.8, 4) is 33.8 Å². The lowest BCUT2D eigenvalue weighted by molar-refractivity contribution is 0.484. The fourth-order valence-electron chi connectivity index (χ4n) is 9.75. The summed E-state index contributed by atoms with van der Waals surface area (Å²) in [6.45, 7) is 8.87. The SMILES string of the molecule is Cc1cccc(C)c1-c1cc(-c2c(C)cccc2C)c2c(c1)c1ccc(Oc3ccc4c5cnccc5n5c6ccccc6nc5c4c3)cc1c1nc3ccccc3n12. The Morgan fingerprint density at radius 3 is 1.64 bits per heavy atom. The van der Waals surface area contributed by atoms with Gasteiger partial charge in [0.15, 0.2) is 0 Å². The zero-order valence-corrected chi connectivity index (χ0v) is 33.1. The molecule has 0 atom stereocenters. The van der Waals surface area contributed by atoms with Gasteiger partial charge in [-0.1, -0.05) is 60.7 Å². The minimum absolute atomic E-state index is 0.731. The van der Waals surface area contributed by atoms with Crippen molar-refractivity contribution >= 4 is 76.7 Å². The van der Waals surface area contributed by atoms with E-state index in [1.807, 2.05) is 24.5 Å². The van der Waals surface area contributed by atoms with Crippen LogP contribution in [0.4, 0.5) is 0 Å². The van der Waals surface area contributed by atoms with Crippen LogP contribution in [0.15, 0.2) is 152 Å². The summed E-state index contributed by atoms with van der Waals surface area (Å²) in [5.41, 5.74) is 18.0. The standard InChI is InChI=1S/C53H37N5O/c1-30-11-9-12-31(2)49(30)34-25-39-37-21-19-35(59-36-20-22-38-41(28-36)52-55-44-15-5-7-17-47(44)57(52)46-23-24-54-29-43(38)46)27-40(37)53-56-45-16-6-8-18-48(45)58(53)51(39)42(26-34)50-32(3)13-10-14-33(50)4/h5-29H,1-4H3. The van der Waals surface area contributed by atoms with E-state index in [-0.39, 0.29) is 0 Å². The van der Waals surface area contributed by atoms with E-state index in [9.17, 15) is 0 Å². The van der Waals surface area contributed by atoms with E-state index in [1.165, 1.54) is 49.9 Å². The van der Waals surface area contributed by atoms with Gasteiger partial charge in [0.1, 0.15) is 22.8 Å². The molecule has 0 N–H and O–H groups in total. The van der Waals surface area contributed by atoms with Gasteiger partial charge in [0, 0.05) is 39.5 Å². The molecule has 7 aromatic carbocycles. The quantitative estimate of drug-likeness (QED) is 0.168. The van der Waals surface area contributed by atoms with Crippen molar-refractivity contribution in [3.63, 3.8) is 0 Å². The molecule has 0 fully saturated rings. The molecule has 5 heterocycles. The smallest absolute Gasteiger partial charge is 0.146 e. The Balaban J connectivity index is 1.13. The number of imidazole rings is 2. The number of ether oxygens (including phenoxy) is 1. The number of fused-ring (bicyclic) bond motifs is 16. The summed E-state index contributed by atoms with van der Waals surface area (Å²) < 4.78 is 11.4. The van der Waals surface area contributed by atoms with Gasteiger partial charge in [-0.3, -0.25) is 13.8 Å². The molecule has 6 heteroatoms. The molecule has 0 aliphatic rings. The van der Waals surface area contributed by atoms with E-state index in [0.717, 1.165) is 82.8 Å². The minimum atomic E-state index is 0.731. The third kappa shape index (κ3) is 4.90. The summed E-state index contributed by atoms with van der Waals surface area (Å²) >= 11 is 0. The second kappa shape index (κ2) is 12.5. The zero-order valence-electron chi connectivity index (χ0n) is 33.1. The fourth-order valence-corrected chi connectivity index (χ4v) is 9.75. The number of para-hydroxylation sites is 4. The van der Waals surface area contributed by atoms with E-state index in [4.69, 9.17) is 14.7 Å². The van der Waals surface area contributed by atoms with Gasteiger partial charge in [0.2, 0.25) is 0 Å². The van der Waals surface area contributed by atoms with Gasteiger partial charge in [-0.05, 0) is 156 Å². The lowest BCUT2D eigenvalue weighted by atomic mass is 9.87. The normalized spacial score (nSPS) is 12.1. The van der Waals surface area contributed by atoms with Gasteiger partial charge in [-0.15, -0.1) is 0 Å². The first-order valence-electron chi connectivity index (χ1n) is 20.1. The molecule has 280 valence electrons. The molecule has 0 aliphatic heterocycles. The zero-order chi connectivity index (χ0) is 39.5. The van der Waals surface area contributed by atoms with Crippen LogP contribution in [-0.2, 0) is 0 Å². The molecule has 0 saturated heterocycles. The van der Waals surface area contributed by atoms with Gasteiger partial charge in [0.25, 0.3) is 0 Å². The lowest BCUT2D eigenvalue weighted by Crippen LogP contribution is -1.99. The maximum absolute atomic E-state index is 6.82. The topological polar surface area (TPSA) is 56.7 Å². The number of aryl methyl sites for hydroxylation is 4. The minimum Gasteiger partial charge on any atom is -0.457 e. The summed E-state index contributed by atoms with van der Waals surface area (Å²) in [5, 5.41) is 6.47. The van der Waals surface area contributed by atoms with Crippen LogP contribution in [0.2, 0.25) is 0 Å². The second-order valence-electron chi connectivity index (χ2n) is 15.9. The first-order chi connectivity index (χ1) is 28.9. The molecule has 59 heavy (non-hydrogen) atoms. The Labute approximate surface area is 339 Å². The molecule has 0 radical (unpaired) electrons. The van der Waals surface area contributed by atoms with Crippen molar-refractivity contribution in [2.24, 2.45) is 0 Å². The Bertz CT molecular complexity index is 3720. The number of hydrogen-bond donors (Lipinski definition) is 0. The molecule has 5 aromatic heterocycles. The predicted octanol–water partition coefficient (Wildman–Crippen LogP) is 13.7. The Morgan fingerprint density at radius 1 is 0.441 bits per heavy atom. The van der Waals surface area contributed by atoms with Crippen molar-refractivity contribution in [2.75, 3.05) is 0 Å². The summed E-state index contributed by atoms with van der Waals surface area (Å²) in [6.07, 6.45) is 3.79. The molecule has 0 aliphatic carbocycles.